The molecule has 0 amide bonds. The van der Waals surface area contributed by atoms with Gasteiger partial charge in [-0.25, -0.2) is 4.98 Å². The number of hydrogen-bond acceptors (Lipinski definition) is 4. The van der Waals surface area contributed by atoms with E-state index in [1.807, 2.05) is 23.6 Å². The minimum atomic E-state index is 0.911. The average molecular weight is 248 g/mol. The van der Waals surface area contributed by atoms with E-state index in [4.69, 9.17) is 0 Å². The van der Waals surface area contributed by atoms with Crippen molar-refractivity contribution in [3.63, 3.8) is 0 Å². The van der Waals surface area contributed by atoms with E-state index >= 15 is 0 Å². The lowest BCUT2D eigenvalue weighted by molar-refractivity contribution is 0.706. The second-order valence-corrected chi connectivity index (χ2v) is 5.63. The third kappa shape index (κ3) is 2.20. The highest BCUT2D eigenvalue weighted by Crippen LogP contribution is 2.32. The molecule has 1 aliphatic rings. The van der Waals surface area contributed by atoms with E-state index in [1.165, 1.54) is 34.2 Å². The summed E-state index contributed by atoms with van der Waals surface area (Å²) in [5.74, 6) is 0. The van der Waals surface area contributed by atoms with Crippen LogP contribution in [0.3, 0.4) is 0 Å². The predicted octanol–water partition coefficient (Wildman–Crippen LogP) is 2.52. The van der Waals surface area contributed by atoms with Crippen molar-refractivity contribution in [3.8, 4) is 0 Å². The van der Waals surface area contributed by atoms with Gasteiger partial charge in [0.25, 0.3) is 0 Å². The summed E-state index contributed by atoms with van der Waals surface area (Å²) in [7, 11) is 0. The lowest BCUT2D eigenvalue weighted by Crippen LogP contribution is -2.22. The van der Waals surface area contributed by atoms with Crippen molar-refractivity contribution in [2.45, 2.75) is 32.7 Å². The van der Waals surface area contributed by atoms with Gasteiger partial charge < -0.3 is 4.90 Å². The Bertz CT molecular complexity index is 489. The fraction of sp³-hybridized carbons (Fsp3) is 0.500. The molecule has 2 aromatic rings. The second-order valence-electron chi connectivity index (χ2n) is 4.45. The highest BCUT2D eigenvalue weighted by molar-refractivity contribution is 7.15. The van der Waals surface area contributed by atoms with Crippen LogP contribution in [0.1, 0.15) is 29.2 Å². The molecule has 3 heterocycles. The maximum absolute atomic E-state index is 4.64. The molecule has 5 heteroatoms. The number of nitrogens with zero attached hydrogens (tertiary/aromatic N) is 3. The number of aromatic amines is 1. The van der Waals surface area contributed by atoms with Gasteiger partial charge in [-0.15, -0.1) is 11.3 Å². The summed E-state index contributed by atoms with van der Waals surface area (Å²) in [6.45, 7) is 4.12. The number of nitrogens with one attached hydrogen (secondary N) is 1. The summed E-state index contributed by atoms with van der Waals surface area (Å²) in [4.78, 5) is 7.07. The fourth-order valence-corrected chi connectivity index (χ4v) is 3.28. The number of H-pyrrole nitrogens is 1. The molecule has 3 rings (SSSR count). The Hall–Kier alpha value is -1.36. The molecule has 1 aliphatic heterocycles. The van der Waals surface area contributed by atoms with Crippen LogP contribution in [0, 0.1) is 6.92 Å². The van der Waals surface area contributed by atoms with Crippen LogP contribution in [0.5, 0.6) is 0 Å². The van der Waals surface area contributed by atoms with E-state index in [9.17, 15) is 0 Å². The zero-order valence-corrected chi connectivity index (χ0v) is 10.8. The normalized spacial score (nSPS) is 15.7. The standard InChI is InChI=1S/C12H16N4S/c1-9-14-11-4-2-3-7-16(12(11)17-9)8-10-5-6-13-15-10/h5-6H,2-4,7-8H2,1H3,(H,13,15). The molecule has 0 saturated carbocycles. The summed E-state index contributed by atoms with van der Waals surface area (Å²) in [5.41, 5.74) is 2.45. The van der Waals surface area contributed by atoms with Gasteiger partial charge >= 0.3 is 0 Å². The van der Waals surface area contributed by atoms with Crippen LogP contribution in [0.15, 0.2) is 12.3 Å². The Morgan fingerprint density at radius 1 is 1.47 bits per heavy atom. The van der Waals surface area contributed by atoms with Gasteiger partial charge in [0.1, 0.15) is 5.00 Å². The van der Waals surface area contributed by atoms with Crippen molar-refractivity contribution in [1.29, 1.82) is 0 Å². The quantitative estimate of drug-likeness (QED) is 0.888. The number of fused-ring (bicyclic) bond motifs is 1. The van der Waals surface area contributed by atoms with Crippen LogP contribution in [0.2, 0.25) is 0 Å². The van der Waals surface area contributed by atoms with Crippen molar-refractivity contribution in [1.82, 2.24) is 15.2 Å². The van der Waals surface area contributed by atoms with Crippen LogP contribution in [-0.2, 0) is 13.0 Å². The van der Waals surface area contributed by atoms with Crippen LogP contribution >= 0.6 is 11.3 Å². The maximum atomic E-state index is 4.64. The molecule has 0 radical (unpaired) electrons. The molecular weight excluding hydrogens is 232 g/mol. The zero-order valence-electron chi connectivity index (χ0n) is 9.94. The Kier molecular flexibility index (Phi) is 2.84. The molecule has 2 aromatic heterocycles. The molecule has 17 heavy (non-hydrogen) atoms. The topological polar surface area (TPSA) is 44.8 Å². The summed E-state index contributed by atoms with van der Waals surface area (Å²) in [6, 6.07) is 2.04. The smallest absolute Gasteiger partial charge is 0.115 e. The van der Waals surface area contributed by atoms with Gasteiger partial charge in [0.2, 0.25) is 0 Å². The molecular formula is C12H16N4S. The van der Waals surface area contributed by atoms with E-state index in [0.29, 0.717) is 0 Å². The SMILES string of the molecule is Cc1nc2c(s1)N(Cc1ccn[nH]1)CCCC2. The van der Waals surface area contributed by atoms with Gasteiger partial charge in [0.05, 0.1) is 22.9 Å². The molecule has 0 saturated heterocycles. The highest BCUT2D eigenvalue weighted by atomic mass is 32.1. The van der Waals surface area contributed by atoms with Gasteiger partial charge in [-0.3, -0.25) is 5.10 Å². The maximum Gasteiger partial charge on any atom is 0.115 e. The number of thiazole rings is 1. The third-order valence-corrected chi connectivity index (χ3v) is 4.16. The van der Waals surface area contributed by atoms with Gasteiger partial charge in [0, 0.05) is 12.7 Å². The zero-order chi connectivity index (χ0) is 11.7. The molecule has 0 atom stereocenters. The number of rotatable bonds is 2. The Morgan fingerprint density at radius 2 is 2.41 bits per heavy atom. The molecule has 0 aromatic carbocycles. The number of aromatic nitrogens is 3. The van der Waals surface area contributed by atoms with Gasteiger partial charge in [-0.1, -0.05) is 0 Å². The molecule has 1 N–H and O–H groups in total. The lowest BCUT2D eigenvalue weighted by atomic mass is 10.2. The third-order valence-electron chi connectivity index (χ3n) is 3.08. The van der Waals surface area contributed by atoms with Crippen molar-refractivity contribution in [2.75, 3.05) is 11.4 Å². The number of hydrogen-bond donors (Lipinski definition) is 1. The molecule has 0 bridgehead atoms. The van der Waals surface area contributed by atoms with Crippen LogP contribution in [-0.4, -0.2) is 21.7 Å². The largest absolute Gasteiger partial charge is 0.356 e. The second kappa shape index (κ2) is 4.49. The van der Waals surface area contributed by atoms with Crippen molar-refractivity contribution in [2.24, 2.45) is 0 Å². The van der Waals surface area contributed by atoms with Crippen molar-refractivity contribution >= 4 is 16.3 Å². The van der Waals surface area contributed by atoms with E-state index in [0.717, 1.165) is 19.5 Å². The highest BCUT2D eigenvalue weighted by Gasteiger charge is 2.19. The summed E-state index contributed by atoms with van der Waals surface area (Å²) >= 11 is 1.81. The Balaban J connectivity index is 1.88. The van der Waals surface area contributed by atoms with E-state index in [-0.39, 0.29) is 0 Å². The average Bonchev–Trinajstić information content (AvgIpc) is 2.89. The van der Waals surface area contributed by atoms with Crippen molar-refractivity contribution < 1.29 is 0 Å². The molecule has 4 nitrogen and oxygen atoms in total. The first-order chi connectivity index (χ1) is 8.33. The Morgan fingerprint density at radius 3 is 3.24 bits per heavy atom. The summed E-state index contributed by atoms with van der Waals surface area (Å²) < 4.78 is 0. The number of anilines is 1. The Labute approximate surface area is 105 Å². The molecule has 0 spiro atoms. The molecule has 0 fully saturated rings. The van der Waals surface area contributed by atoms with E-state index in [2.05, 4.69) is 27.0 Å². The lowest BCUT2D eigenvalue weighted by Gasteiger charge is -2.20. The van der Waals surface area contributed by atoms with Crippen LogP contribution in [0.4, 0.5) is 5.00 Å². The number of aryl methyl sites for hydroxylation is 2. The first kappa shape index (κ1) is 10.8. The minimum Gasteiger partial charge on any atom is -0.356 e. The van der Waals surface area contributed by atoms with E-state index in [1.54, 1.807) is 0 Å². The van der Waals surface area contributed by atoms with Gasteiger partial charge in [-0.2, -0.15) is 5.10 Å². The fourth-order valence-electron chi connectivity index (χ4n) is 2.30. The first-order valence-electron chi connectivity index (χ1n) is 6.02. The summed E-state index contributed by atoms with van der Waals surface area (Å²) in [6.07, 6.45) is 5.43. The summed E-state index contributed by atoms with van der Waals surface area (Å²) in [5, 5.41) is 9.57. The van der Waals surface area contributed by atoms with Crippen LogP contribution in [0.25, 0.3) is 0 Å². The molecule has 90 valence electrons. The van der Waals surface area contributed by atoms with E-state index < -0.39 is 0 Å². The monoisotopic (exact) mass is 248 g/mol. The van der Waals surface area contributed by atoms with Crippen molar-refractivity contribution in [3.05, 3.63) is 28.7 Å². The predicted molar refractivity (Wildman–Crippen MR) is 69.4 cm³/mol. The van der Waals surface area contributed by atoms with Gasteiger partial charge in [-0.05, 0) is 32.3 Å². The van der Waals surface area contributed by atoms with Gasteiger partial charge in [0.15, 0.2) is 0 Å². The first-order valence-corrected chi connectivity index (χ1v) is 6.84. The molecule has 0 unspecified atom stereocenters. The van der Waals surface area contributed by atoms with Crippen LogP contribution < -0.4 is 4.90 Å². The minimum absolute atomic E-state index is 0.911. The molecule has 0 aliphatic carbocycles.